The average molecular weight is 363 g/mol. The van der Waals surface area contributed by atoms with Crippen LogP contribution in [-0.2, 0) is 12.4 Å². The lowest BCUT2D eigenvalue weighted by molar-refractivity contribution is -0.144. The first-order valence-electron chi connectivity index (χ1n) is 6.50. The van der Waals surface area contributed by atoms with E-state index in [1.165, 1.54) is 0 Å². The Kier molecular flexibility index (Phi) is 3.60. The molecule has 12 heteroatoms. The zero-order valence-electron chi connectivity index (χ0n) is 11.9. The number of hydrazine groups is 1. The Balaban J connectivity index is 2.43. The third kappa shape index (κ3) is 2.84. The number of amides is 1. The second-order valence-corrected chi connectivity index (χ2v) is 4.95. The van der Waals surface area contributed by atoms with Crippen LogP contribution in [0.4, 0.5) is 26.3 Å². The van der Waals surface area contributed by atoms with Crippen LogP contribution >= 0.6 is 0 Å². The number of halogens is 6. The van der Waals surface area contributed by atoms with Gasteiger partial charge in [0.25, 0.3) is 5.91 Å². The predicted octanol–water partition coefficient (Wildman–Crippen LogP) is 2.52. The monoisotopic (exact) mass is 363 g/mol. The highest BCUT2D eigenvalue weighted by molar-refractivity contribution is 5.93. The average Bonchev–Trinajstić information content (AvgIpc) is 2.95. The molecule has 0 unspecified atom stereocenters. The summed E-state index contributed by atoms with van der Waals surface area (Å²) in [6, 6.07) is 2.01. The van der Waals surface area contributed by atoms with Gasteiger partial charge < -0.3 is 0 Å². The van der Waals surface area contributed by atoms with Crippen molar-refractivity contribution in [1.82, 2.24) is 19.8 Å². The molecule has 3 rings (SSSR count). The fourth-order valence-electron chi connectivity index (χ4n) is 2.29. The molecule has 3 aromatic heterocycles. The van der Waals surface area contributed by atoms with Crippen LogP contribution < -0.4 is 11.3 Å². The number of hydrogen-bond donors (Lipinski definition) is 2. The third-order valence-electron chi connectivity index (χ3n) is 3.36. The molecule has 1 amide bonds. The number of nitrogens with two attached hydrogens (primary N) is 1. The molecule has 0 fully saturated rings. The summed E-state index contributed by atoms with van der Waals surface area (Å²) in [6.07, 6.45) is -9.17. The minimum atomic E-state index is -5.09. The molecule has 0 atom stereocenters. The molecule has 0 aromatic carbocycles. The highest BCUT2D eigenvalue weighted by Gasteiger charge is 2.39. The fourth-order valence-corrected chi connectivity index (χ4v) is 2.29. The van der Waals surface area contributed by atoms with E-state index in [0.717, 1.165) is 22.7 Å². The first-order valence-corrected chi connectivity index (χ1v) is 6.50. The number of pyridine rings is 2. The Morgan fingerprint density at radius 3 is 2.32 bits per heavy atom. The van der Waals surface area contributed by atoms with Gasteiger partial charge in [-0.15, -0.1) is 0 Å². The van der Waals surface area contributed by atoms with Crippen LogP contribution in [0.25, 0.3) is 16.7 Å². The molecule has 3 N–H and O–H groups in total. The summed E-state index contributed by atoms with van der Waals surface area (Å²) in [6.45, 7) is 0. The van der Waals surface area contributed by atoms with E-state index in [9.17, 15) is 31.1 Å². The van der Waals surface area contributed by atoms with Gasteiger partial charge in [-0.3, -0.25) is 14.6 Å². The second kappa shape index (κ2) is 5.31. The second-order valence-electron chi connectivity index (χ2n) is 4.95. The Labute approximate surface area is 134 Å². The molecule has 0 saturated heterocycles. The van der Waals surface area contributed by atoms with Crippen LogP contribution in [0.5, 0.6) is 0 Å². The number of carbonyl (C=O) groups excluding carboxylic acids is 1. The lowest BCUT2D eigenvalue weighted by atomic mass is 10.1. The number of alkyl halides is 6. The van der Waals surface area contributed by atoms with Gasteiger partial charge >= 0.3 is 12.4 Å². The molecule has 3 heterocycles. The van der Waals surface area contributed by atoms with Crippen LogP contribution in [0.15, 0.2) is 24.4 Å². The molecule has 0 saturated carbocycles. The number of aromatic nitrogens is 3. The highest BCUT2D eigenvalue weighted by atomic mass is 19.4. The quantitative estimate of drug-likeness (QED) is 0.301. The zero-order chi connectivity index (χ0) is 18.6. The van der Waals surface area contributed by atoms with E-state index < -0.39 is 40.6 Å². The van der Waals surface area contributed by atoms with E-state index >= 15 is 0 Å². The zero-order valence-corrected chi connectivity index (χ0v) is 11.9. The number of imidazole rings is 1. The van der Waals surface area contributed by atoms with Crippen molar-refractivity contribution in [2.24, 2.45) is 5.84 Å². The number of hydrogen-bond acceptors (Lipinski definition) is 4. The molecule has 3 aromatic rings. The lowest BCUT2D eigenvalue weighted by Gasteiger charge is -2.14. The molecule has 6 nitrogen and oxygen atoms in total. The summed E-state index contributed by atoms with van der Waals surface area (Å²) in [5, 5.41) is -0.565. The van der Waals surface area contributed by atoms with Gasteiger partial charge in [-0.25, -0.2) is 15.8 Å². The Morgan fingerprint density at radius 1 is 1.08 bits per heavy atom. The number of nitrogens with one attached hydrogen (secondary N) is 1. The van der Waals surface area contributed by atoms with Gasteiger partial charge in [-0.1, -0.05) is 0 Å². The Hall–Kier alpha value is -2.89. The molecular formula is C13H7F6N5O. The summed E-state index contributed by atoms with van der Waals surface area (Å²) in [4.78, 5) is 18.5. The minimum absolute atomic E-state index is 0.0569. The molecular weight excluding hydrogens is 356 g/mol. The van der Waals surface area contributed by atoms with Gasteiger partial charge in [0.05, 0.1) is 5.56 Å². The fraction of sp³-hybridized carbons (Fsp3) is 0.154. The van der Waals surface area contributed by atoms with E-state index in [2.05, 4.69) is 9.97 Å². The number of rotatable bonds is 1. The molecule has 0 aliphatic heterocycles. The van der Waals surface area contributed by atoms with Crippen molar-refractivity contribution < 1.29 is 31.1 Å². The maximum atomic E-state index is 13.2. The van der Waals surface area contributed by atoms with Crippen molar-refractivity contribution in [3.8, 4) is 0 Å². The molecule has 0 aliphatic carbocycles. The third-order valence-corrected chi connectivity index (χ3v) is 3.36. The van der Waals surface area contributed by atoms with E-state index in [1.807, 2.05) is 0 Å². The van der Waals surface area contributed by atoms with Crippen LogP contribution in [0, 0.1) is 0 Å². The van der Waals surface area contributed by atoms with E-state index in [0.29, 0.717) is 0 Å². The minimum Gasteiger partial charge on any atom is -0.289 e. The van der Waals surface area contributed by atoms with Gasteiger partial charge in [-0.05, 0) is 18.2 Å². The molecule has 0 radical (unpaired) electrons. The van der Waals surface area contributed by atoms with E-state index in [1.54, 1.807) is 5.43 Å². The number of fused-ring (bicyclic) bond motifs is 3. The summed E-state index contributed by atoms with van der Waals surface area (Å²) in [7, 11) is 0. The molecule has 0 bridgehead atoms. The Morgan fingerprint density at radius 2 is 1.76 bits per heavy atom. The maximum absolute atomic E-state index is 13.2. The number of nitrogen functional groups attached to an aromatic ring is 1. The topological polar surface area (TPSA) is 85.3 Å². The van der Waals surface area contributed by atoms with Gasteiger partial charge in [0.15, 0.2) is 0 Å². The Bertz CT molecular complexity index is 990. The molecule has 0 aliphatic rings. The van der Waals surface area contributed by atoms with Crippen molar-refractivity contribution in [2.75, 3.05) is 0 Å². The van der Waals surface area contributed by atoms with Crippen molar-refractivity contribution in [2.45, 2.75) is 12.4 Å². The SMILES string of the molecule is NNC(=O)c1cn2c(ccc3c(C(F)(F)F)cc(C(F)(F)F)nc32)n1. The van der Waals surface area contributed by atoms with Crippen molar-refractivity contribution in [1.29, 1.82) is 0 Å². The van der Waals surface area contributed by atoms with Gasteiger partial charge in [0.2, 0.25) is 0 Å². The first kappa shape index (κ1) is 17.0. The van der Waals surface area contributed by atoms with Crippen molar-refractivity contribution >= 4 is 22.6 Å². The number of nitrogens with zero attached hydrogens (tertiary/aromatic N) is 3. The molecule has 25 heavy (non-hydrogen) atoms. The van der Waals surface area contributed by atoms with Crippen LogP contribution in [0.2, 0.25) is 0 Å². The van der Waals surface area contributed by atoms with Gasteiger partial charge in [-0.2, -0.15) is 26.3 Å². The lowest BCUT2D eigenvalue weighted by Crippen LogP contribution is -2.30. The summed E-state index contributed by atoms with van der Waals surface area (Å²) >= 11 is 0. The summed E-state index contributed by atoms with van der Waals surface area (Å²) < 4.78 is 79.2. The normalized spacial score (nSPS) is 12.8. The van der Waals surface area contributed by atoms with Gasteiger partial charge in [0, 0.05) is 11.6 Å². The summed E-state index contributed by atoms with van der Waals surface area (Å²) in [5.74, 6) is 4.08. The standard InChI is InChI=1S/C13H7F6N5O/c14-12(15,16)6-3-8(13(17,18)19)22-10-5(6)1-2-9-21-7(4-24(9)10)11(25)23-20/h1-4H,20H2,(H,23,25). The van der Waals surface area contributed by atoms with E-state index in [4.69, 9.17) is 5.84 Å². The van der Waals surface area contributed by atoms with Crippen LogP contribution in [0.1, 0.15) is 21.7 Å². The molecule has 0 spiro atoms. The van der Waals surface area contributed by atoms with Crippen molar-refractivity contribution in [3.63, 3.8) is 0 Å². The number of carbonyl (C=O) groups is 1. The van der Waals surface area contributed by atoms with Crippen LogP contribution in [0.3, 0.4) is 0 Å². The van der Waals surface area contributed by atoms with Gasteiger partial charge in [0.1, 0.15) is 22.7 Å². The largest absolute Gasteiger partial charge is 0.433 e. The predicted molar refractivity (Wildman–Crippen MR) is 72.2 cm³/mol. The first-order chi connectivity index (χ1) is 11.5. The smallest absolute Gasteiger partial charge is 0.289 e. The van der Waals surface area contributed by atoms with Crippen LogP contribution in [-0.4, -0.2) is 20.3 Å². The highest BCUT2D eigenvalue weighted by Crippen LogP contribution is 2.38. The maximum Gasteiger partial charge on any atom is 0.433 e. The molecule has 132 valence electrons. The van der Waals surface area contributed by atoms with Crippen molar-refractivity contribution in [3.05, 3.63) is 41.3 Å². The summed E-state index contributed by atoms with van der Waals surface area (Å²) in [5.41, 5.74) is -2.43. The van der Waals surface area contributed by atoms with E-state index in [-0.39, 0.29) is 17.4 Å².